The second-order valence-corrected chi connectivity index (χ2v) is 3.15. The second kappa shape index (κ2) is 7.65. The number of primary amides is 1. The van der Waals surface area contributed by atoms with Gasteiger partial charge in [0.2, 0.25) is 5.91 Å². The van der Waals surface area contributed by atoms with Crippen molar-refractivity contribution in [2.24, 2.45) is 11.5 Å². The Labute approximate surface area is 105 Å². The van der Waals surface area contributed by atoms with Crippen LogP contribution in [0.5, 0.6) is 5.75 Å². The lowest BCUT2D eigenvalue weighted by Gasteiger charge is -2.07. The molecular weight excluding hydrogens is 247 g/mol. The number of nitrogens with two attached hydrogens (primary N) is 2. The molecule has 1 rings (SSSR count). The zero-order valence-electron chi connectivity index (χ0n) is 9.06. The maximum atomic E-state index is 12.1. The molecule has 0 fully saturated rings. The average Bonchev–Trinajstić information content (AvgIpc) is 2.31. The van der Waals surface area contributed by atoms with Crippen molar-refractivity contribution in [1.29, 1.82) is 0 Å². The van der Waals surface area contributed by atoms with E-state index in [2.05, 4.69) is 0 Å². The van der Waals surface area contributed by atoms with Gasteiger partial charge in [0.1, 0.15) is 12.4 Å². The molecule has 1 aromatic carbocycles. The molecule has 0 atom stereocenters. The molecule has 0 unspecified atom stereocenters. The first-order valence-electron chi connectivity index (χ1n) is 4.68. The van der Waals surface area contributed by atoms with Crippen molar-refractivity contribution in [3.05, 3.63) is 41.7 Å². The number of hydrogen-bond donors (Lipinski definition) is 2. The van der Waals surface area contributed by atoms with Crippen LogP contribution in [-0.2, 0) is 0 Å². The van der Waals surface area contributed by atoms with Gasteiger partial charge in [0, 0.05) is 17.7 Å². The number of hydrogen-bond acceptors (Lipinski definition) is 3. The van der Waals surface area contributed by atoms with Crippen LogP contribution < -0.4 is 16.2 Å². The van der Waals surface area contributed by atoms with E-state index in [1.807, 2.05) is 0 Å². The summed E-state index contributed by atoms with van der Waals surface area (Å²) in [5.41, 5.74) is 11.1. The molecule has 0 heterocycles. The van der Waals surface area contributed by atoms with Crippen LogP contribution in [0, 0.1) is 0 Å². The van der Waals surface area contributed by atoms with Crippen LogP contribution in [0.1, 0.15) is 10.4 Å². The monoisotopic (exact) mass is 260 g/mol. The van der Waals surface area contributed by atoms with Crippen molar-refractivity contribution in [2.45, 2.75) is 0 Å². The highest BCUT2D eigenvalue weighted by Crippen LogP contribution is 2.12. The number of ether oxygens (including phenoxy) is 1. The van der Waals surface area contributed by atoms with E-state index in [0.717, 1.165) is 0 Å². The summed E-state index contributed by atoms with van der Waals surface area (Å²) in [6, 6.07) is 6.26. The summed E-state index contributed by atoms with van der Waals surface area (Å²) in [5, 5.41) is 0. The summed E-state index contributed by atoms with van der Waals surface area (Å²) in [7, 11) is 0. The number of rotatable bonds is 5. The first-order valence-corrected chi connectivity index (χ1v) is 4.68. The first-order chi connectivity index (χ1) is 7.67. The third kappa shape index (κ3) is 4.84. The molecular formula is C11H14ClFN2O2. The Kier molecular flexibility index (Phi) is 6.93. The van der Waals surface area contributed by atoms with Crippen LogP contribution in [0.4, 0.5) is 4.39 Å². The number of amides is 1. The van der Waals surface area contributed by atoms with Gasteiger partial charge >= 0.3 is 0 Å². The van der Waals surface area contributed by atoms with Gasteiger partial charge < -0.3 is 16.2 Å². The molecule has 0 bridgehead atoms. The fraction of sp³-hybridized carbons (Fsp3) is 0.182. The van der Waals surface area contributed by atoms with Crippen LogP contribution >= 0.6 is 12.4 Å². The maximum absolute atomic E-state index is 12.1. The lowest BCUT2D eigenvalue weighted by molar-refractivity contribution is 0.100. The molecule has 0 saturated carbocycles. The predicted octanol–water partition coefficient (Wildman–Crippen LogP) is 1.40. The van der Waals surface area contributed by atoms with Gasteiger partial charge in [0.05, 0.1) is 6.33 Å². The summed E-state index contributed by atoms with van der Waals surface area (Å²) in [6.07, 6.45) is 0.428. The normalized spacial score (nSPS) is 10.6. The van der Waals surface area contributed by atoms with Crippen LogP contribution in [0.15, 0.2) is 36.2 Å². The standard InChI is InChI=1S/C11H13FN2O2.ClH/c12-5-8(6-13)7-16-10-3-1-9(2-4-10)11(14)15;/h1-5H,6-7,13H2,(H2,14,15);1H/b8-5-;. The van der Waals surface area contributed by atoms with E-state index in [-0.39, 0.29) is 25.6 Å². The van der Waals surface area contributed by atoms with Gasteiger partial charge in [-0.2, -0.15) is 0 Å². The van der Waals surface area contributed by atoms with E-state index in [1.54, 1.807) is 24.3 Å². The smallest absolute Gasteiger partial charge is 0.248 e. The minimum Gasteiger partial charge on any atom is -0.489 e. The Bertz CT molecular complexity index is 393. The molecule has 0 aliphatic rings. The minimum absolute atomic E-state index is 0. The molecule has 0 aliphatic carbocycles. The van der Waals surface area contributed by atoms with E-state index in [1.165, 1.54) is 0 Å². The molecule has 0 aromatic heterocycles. The van der Waals surface area contributed by atoms with Gasteiger partial charge in [-0.25, -0.2) is 4.39 Å². The van der Waals surface area contributed by atoms with Crippen LogP contribution in [0.3, 0.4) is 0 Å². The maximum Gasteiger partial charge on any atom is 0.248 e. The third-order valence-electron chi connectivity index (χ3n) is 1.98. The number of benzene rings is 1. The summed E-state index contributed by atoms with van der Waals surface area (Å²) < 4.78 is 17.4. The third-order valence-corrected chi connectivity index (χ3v) is 1.98. The Hall–Kier alpha value is -1.59. The SMILES string of the molecule is Cl.NC/C(=C/F)COc1ccc(C(N)=O)cc1. The molecule has 4 N–H and O–H groups in total. The molecule has 0 radical (unpaired) electrons. The number of carbonyl (C=O) groups excluding carboxylic acids is 1. The van der Waals surface area contributed by atoms with E-state index >= 15 is 0 Å². The highest BCUT2D eigenvalue weighted by Gasteiger charge is 2.01. The van der Waals surface area contributed by atoms with E-state index in [0.29, 0.717) is 23.2 Å². The minimum atomic E-state index is -0.502. The molecule has 6 heteroatoms. The van der Waals surface area contributed by atoms with Gasteiger partial charge in [-0.05, 0) is 24.3 Å². The van der Waals surface area contributed by atoms with Crippen molar-refractivity contribution < 1.29 is 13.9 Å². The Morgan fingerprint density at radius 3 is 2.35 bits per heavy atom. The number of carbonyl (C=O) groups is 1. The summed E-state index contributed by atoms with van der Waals surface area (Å²) in [6.45, 7) is 0.193. The molecule has 0 saturated heterocycles. The van der Waals surface area contributed by atoms with Gasteiger partial charge in [0.25, 0.3) is 0 Å². The van der Waals surface area contributed by atoms with Crippen LogP contribution in [-0.4, -0.2) is 19.1 Å². The second-order valence-electron chi connectivity index (χ2n) is 3.15. The molecule has 1 amide bonds. The lowest BCUT2D eigenvalue weighted by atomic mass is 10.2. The van der Waals surface area contributed by atoms with Crippen molar-refractivity contribution in [3.8, 4) is 5.75 Å². The van der Waals surface area contributed by atoms with Crippen molar-refractivity contribution in [1.82, 2.24) is 0 Å². The molecule has 94 valence electrons. The molecule has 17 heavy (non-hydrogen) atoms. The van der Waals surface area contributed by atoms with Gasteiger partial charge in [-0.3, -0.25) is 4.79 Å². The van der Waals surface area contributed by atoms with Gasteiger partial charge in [-0.15, -0.1) is 12.4 Å². The predicted molar refractivity (Wildman–Crippen MR) is 65.9 cm³/mol. The van der Waals surface area contributed by atoms with E-state index in [9.17, 15) is 9.18 Å². The lowest BCUT2D eigenvalue weighted by Crippen LogP contribution is -2.12. The summed E-state index contributed by atoms with van der Waals surface area (Å²) >= 11 is 0. The average molecular weight is 261 g/mol. The zero-order chi connectivity index (χ0) is 12.0. The Morgan fingerprint density at radius 2 is 1.94 bits per heavy atom. The van der Waals surface area contributed by atoms with Crippen molar-refractivity contribution in [3.63, 3.8) is 0 Å². The Balaban J connectivity index is 0.00000256. The molecule has 0 spiro atoms. The molecule has 0 aliphatic heterocycles. The highest BCUT2D eigenvalue weighted by atomic mass is 35.5. The highest BCUT2D eigenvalue weighted by molar-refractivity contribution is 5.92. The van der Waals surface area contributed by atoms with Gasteiger partial charge in [-0.1, -0.05) is 0 Å². The first kappa shape index (κ1) is 15.4. The van der Waals surface area contributed by atoms with Gasteiger partial charge in [0.15, 0.2) is 0 Å². The Morgan fingerprint density at radius 1 is 1.35 bits per heavy atom. The fourth-order valence-electron chi connectivity index (χ4n) is 1.03. The number of halogens is 2. The molecule has 4 nitrogen and oxygen atoms in total. The summed E-state index contributed by atoms with van der Waals surface area (Å²) in [5.74, 6) is 0.0238. The fourth-order valence-corrected chi connectivity index (χ4v) is 1.03. The quantitative estimate of drug-likeness (QED) is 0.840. The van der Waals surface area contributed by atoms with Crippen molar-refractivity contribution >= 4 is 18.3 Å². The summed E-state index contributed by atoms with van der Waals surface area (Å²) in [4.78, 5) is 10.8. The topological polar surface area (TPSA) is 78.3 Å². The van der Waals surface area contributed by atoms with E-state index in [4.69, 9.17) is 16.2 Å². The largest absolute Gasteiger partial charge is 0.489 e. The van der Waals surface area contributed by atoms with Crippen LogP contribution in [0.25, 0.3) is 0 Å². The zero-order valence-corrected chi connectivity index (χ0v) is 9.87. The van der Waals surface area contributed by atoms with E-state index < -0.39 is 5.91 Å². The van der Waals surface area contributed by atoms with Crippen LogP contribution in [0.2, 0.25) is 0 Å². The molecule has 1 aromatic rings. The van der Waals surface area contributed by atoms with Crippen molar-refractivity contribution in [2.75, 3.05) is 13.2 Å².